The largest absolute Gasteiger partial charge is 0.106 e. The van der Waals surface area contributed by atoms with E-state index in [1.54, 1.807) is 5.19 Å². The van der Waals surface area contributed by atoms with Crippen molar-refractivity contribution in [2.75, 3.05) is 0 Å². The summed E-state index contributed by atoms with van der Waals surface area (Å²) in [5.41, 5.74) is 2.55. The summed E-state index contributed by atoms with van der Waals surface area (Å²) in [6, 6.07) is 29.4. The molecule has 0 N–H and O–H groups in total. The van der Waals surface area contributed by atoms with Crippen molar-refractivity contribution in [2.24, 2.45) is 0 Å². The van der Waals surface area contributed by atoms with Crippen LogP contribution in [0.1, 0.15) is 0 Å². The van der Waals surface area contributed by atoms with Gasteiger partial charge in [-0.2, -0.15) is 0 Å². The predicted molar refractivity (Wildman–Crippen MR) is 111 cm³/mol. The third kappa shape index (κ3) is 5.46. The van der Waals surface area contributed by atoms with Crippen molar-refractivity contribution in [3.63, 3.8) is 0 Å². The number of hydrogen-bond donors (Lipinski definition) is 0. The normalized spacial score (nSPS) is 10.6. The second kappa shape index (κ2) is 8.24. The van der Waals surface area contributed by atoms with E-state index in [4.69, 9.17) is 0 Å². The molecule has 0 saturated carbocycles. The molecule has 0 spiro atoms. The quantitative estimate of drug-likeness (QED) is 0.452. The van der Waals surface area contributed by atoms with Crippen LogP contribution in [0.5, 0.6) is 0 Å². The minimum absolute atomic E-state index is 1.10. The summed E-state index contributed by atoms with van der Waals surface area (Å²) in [6.07, 6.45) is 0. The van der Waals surface area contributed by atoms with Crippen LogP contribution in [0.25, 0.3) is 11.1 Å². The highest BCUT2D eigenvalue weighted by atomic mass is 31.0. The zero-order valence-corrected chi connectivity index (χ0v) is 16.3. The van der Waals surface area contributed by atoms with Gasteiger partial charge in [0.1, 0.15) is 0 Å². The molecule has 3 rings (SSSR count). The van der Waals surface area contributed by atoms with Gasteiger partial charge in [-0.15, -0.1) is 9.24 Å². The Labute approximate surface area is 143 Å². The van der Waals surface area contributed by atoms with Crippen molar-refractivity contribution in [1.82, 2.24) is 0 Å². The molecule has 1 unspecified atom stereocenters. The van der Waals surface area contributed by atoms with Crippen LogP contribution in [0.4, 0.5) is 0 Å². The molecule has 3 aromatic rings. The summed E-state index contributed by atoms with van der Waals surface area (Å²) in [6.45, 7) is 7.11. The van der Waals surface area contributed by atoms with E-state index in [1.807, 2.05) is 12.1 Å². The van der Waals surface area contributed by atoms with Gasteiger partial charge >= 0.3 is 0 Å². The molecule has 23 heavy (non-hydrogen) atoms. The Morgan fingerprint density at radius 1 is 0.565 bits per heavy atom. The van der Waals surface area contributed by atoms with Crippen molar-refractivity contribution >= 4 is 27.8 Å². The molecule has 118 valence electrons. The average Bonchev–Trinajstić information content (AvgIpc) is 2.56. The molecule has 0 aliphatic heterocycles. The lowest BCUT2D eigenvalue weighted by atomic mass is 10.1. The van der Waals surface area contributed by atoms with Crippen LogP contribution in [0.2, 0.25) is 19.6 Å². The second-order valence-electron chi connectivity index (χ2n) is 6.57. The fourth-order valence-corrected chi connectivity index (χ4v) is 5.49. The van der Waals surface area contributed by atoms with Gasteiger partial charge in [0.15, 0.2) is 0 Å². The van der Waals surface area contributed by atoms with Crippen molar-refractivity contribution in [3.05, 3.63) is 84.9 Å². The molecule has 0 aromatic heterocycles. The van der Waals surface area contributed by atoms with Crippen molar-refractivity contribution in [1.29, 1.82) is 0 Å². The number of rotatable bonds is 2. The minimum Gasteiger partial charge on any atom is -0.106 e. The maximum Gasteiger partial charge on any atom is 0.0784 e. The smallest absolute Gasteiger partial charge is 0.0784 e. The maximum absolute atomic E-state index is 2.81. The van der Waals surface area contributed by atoms with Crippen LogP contribution in [-0.2, 0) is 0 Å². The lowest BCUT2D eigenvalue weighted by Gasteiger charge is -2.18. The zero-order chi connectivity index (χ0) is 16.7. The number of hydrogen-bond acceptors (Lipinski definition) is 0. The summed E-state index contributed by atoms with van der Waals surface area (Å²) >= 11 is 0. The minimum atomic E-state index is -1.10. The van der Waals surface area contributed by atoms with E-state index >= 15 is 0 Å². The van der Waals surface area contributed by atoms with Crippen LogP contribution in [0, 0.1) is 0 Å². The maximum atomic E-state index is 2.81. The molecule has 0 aliphatic carbocycles. The highest BCUT2D eigenvalue weighted by molar-refractivity contribution is 7.29. The van der Waals surface area contributed by atoms with E-state index in [0.717, 1.165) is 0 Å². The molecule has 0 aliphatic rings. The Hall–Kier alpha value is -1.69. The molecule has 0 radical (unpaired) electrons. The summed E-state index contributed by atoms with van der Waals surface area (Å²) in [7, 11) is 1.71. The Bertz CT molecular complexity index is 678. The Morgan fingerprint density at radius 2 is 0.957 bits per heavy atom. The Balaban J connectivity index is 0.000000168. The third-order valence-corrected chi connectivity index (χ3v) is 6.51. The lowest BCUT2D eigenvalue weighted by Crippen LogP contribution is -2.44. The fourth-order valence-electron chi connectivity index (χ4n) is 2.44. The van der Waals surface area contributed by atoms with E-state index in [-0.39, 0.29) is 0 Å². The van der Waals surface area contributed by atoms with Gasteiger partial charge in [0.05, 0.1) is 8.07 Å². The third-order valence-electron chi connectivity index (χ3n) is 3.65. The summed E-state index contributed by atoms with van der Waals surface area (Å²) in [5, 5.41) is 2.91. The van der Waals surface area contributed by atoms with E-state index in [2.05, 4.69) is 102 Å². The topological polar surface area (TPSA) is 0 Å². The van der Waals surface area contributed by atoms with E-state index < -0.39 is 8.07 Å². The molecule has 0 fully saturated rings. The molecule has 1 atom stereocenters. The molecule has 0 saturated heterocycles. The first-order chi connectivity index (χ1) is 11.0. The van der Waals surface area contributed by atoms with Crippen molar-refractivity contribution in [3.8, 4) is 11.1 Å². The van der Waals surface area contributed by atoms with Crippen LogP contribution in [0.15, 0.2) is 84.9 Å². The molecule has 0 heterocycles. The van der Waals surface area contributed by atoms with Crippen LogP contribution in [-0.4, -0.2) is 8.07 Å². The zero-order valence-electron chi connectivity index (χ0n) is 14.2. The van der Waals surface area contributed by atoms with Gasteiger partial charge in [0.2, 0.25) is 0 Å². The molecular weight excluding hydrogens is 311 g/mol. The van der Waals surface area contributed by atoms with Gasteiger partial charge in [-0.25, -0.2) is 0 Å². The van der Waals surface area contributed by atoms with E-state index in [9.17, 15) is 0 Å². The number of benzene rings is 3. The first-order valence-electron chi connectivity index (χ1n) is 7.94. The SMILES string of the molecule is C[Si](C)(C)c1ccccc1P.c1ccc(-c2ccccc2)cc1. The lowest BCUT2D eigenvalue weighted by molar-refractivity contribution is 1.62. The highest BCUT2D eigenvalue weighted by Crippen LogP contribution is 2.17. The first kappa shape index (κ1) is 17.7. The van der Waals surface area contributed by atoms with E-state index in [1.165, 1.54) is 16.4 Å². The summed E-state index contributed by atoms with van der Waals surface area (Å²) in [5.74, 6) is 0. The van der Waals surface area contributed by atoms with Gasteiger partial charge in [0.25, 0.3) is 0 Å². The standard InChI is InChI=1S/C12H10.C9H15PSi/c1-3-7-11(8-4-1)12-9-5-2-6-10-12;1-11(2,3)9-7-5-4-6-8(9)10/h1-10H;4-7H,10H2,1-3H3. The summed E-state index contributed by atoms with van der Waals surface area (Å²) < 4.78 is 0. The van der Waals surface area contributed by atoms with Crippen LogP contribution < -0.4 is 10.5 Å². The van der Waals surface area contributed by atoms with Gasteiger partial charge in [0, 0.05) is 0 Å². The Kier molecular flexibility index (Phi) is 6.33. The van der Waals surface area contributed by atoms with Crippen molar-refractivity contribution in [2.45, 2.75) is 19.6 Å². The first-order valence-corrected chi connectivity index (χ1v) is 12.0. The summed E-state index contributed by atoms with van der Waals surface area (Å²) in [4.78, 5) is 0. The van der Waals surface area contributed by atoms with Gasteiger partial charge in [-0.3, -0.25) is 0 Å². The highest BCUT2D eigenvalue weighted by Gasteiger charge is 2.17. The molecule has 3 aromatic carbocycles. The fraction of sp³-hybridized carbons (Fsp3) is 0.143. The molecule has 0 amide bonds. The second-order valence-corrected chi connectivity index (χ2v) is 12.2. The van der Waals surface area contributed by atoms with Gasteiger partial charge in [-0.05, 0) is 16.4 Å². The molecular formula is C21H25PSi. The molecule has 0 bridgehead atoms. The monoisotopic (exact) mass is 336 g/mol. The van der Waals surface area contributed by atoms with Crippen LogP contribution >= 0.6 is 9.24 Å². The van der Waals surface area contributed by atoms with Crippen molar-refractivity contribution < 1.29 is 0 Å². The van der Waals surface area contributed by atoms with E-state index in [0.29, 0.717) is 0 Å². The van der Waals surface area contributed by atoms with Gasteiger partial charge in [-0.1, -0.05) is 110 Å². The average molecular weight is 336 g/mol. The van der Waals surface area contributed by atoms with Crippen LogP contribution in [0.3, 0.4) is 0 Å². The molecule has 0 nitrogen and oxygen atoms in total. The predicted octanol–water partition coefficient (Wildman–Crippen LogP) is 5.09. The molecule has 2 heteroatoms. The van der Waals surface area contributed by atoms with Gasteiger partial charge < -0.3 is 0 Å². The Morgan fingerprint density at radius 3 is 1.30 bits per heavy atom.